The van der Waals surface area contributed by atoms with Crippen molar-refractivity contribution >= 4 is 17.0 Å². The van der Waals surface area contributed by atoms with Gasteiger partial charge in [-0.1, -0.05) is 30.3 Å². The number of fused-ring (bicyclic) bond motifs is 1. The summed E-state index contributed by atoms with van der Waals surface area (Å²) in [5.41, 5.74) is 2.44. The fraction of sp³-hybridized carbons (Fsp3) is 0.150. The zero-order valence-electron chi connectivity index (χ0n) is 14.1. The molecule has 0 spiro atoms. The molecule has 0 fully saturated rings. The topological polar surface area (TPSA) is 75.3 Å². The standard InChI is InChI=1S/C20H18N4O2/c25-17(18-7-4-12-26-18)14-24(13-15-5-2-1-3-6-15)19-9-8-16-20(23-19)22-11-10-21-16/h1-12,17,25H,13-14H2. The van der Waals surface area contributed by atoms with Crippen LogP contribution in [0.4, 0.5) is 5.82 Å². The third-order valence-corrected chi connectivity index (χ3v) is 4.12. The van der Waals surface area contributed by atoms with E-state index in [0.29, 0.717) is 24.5 Å². The Kier molecular flexibility index (Phi) is 4.57. The monoisotopic (exact) mass is 346 g/mol. The first-order chi connectivity index (χ1) is 12.8. The van der Waals surface area contributed by atoms with Crippen LogP contribution in [0.3, 0.4) is 0 Å². The Morgan fingerprint density at radius 1 is 0.962 bits per heavy atom. The lowest BCUT2D eigenvalue weighted by Gasteiger charge is -2.26. The van der Waals surface area contributed by atoms with Gasteiger partial charge in [0.1, 0.15) is 23.2 Å². The van der Waals surface area contributed by atoms with Gasteiger partial charge >= 0.3 is 0 Å². The van der Waals surface area contributed by atoms with E-state index >= 15 is 0 Å². The molecule has 4 aromatic rings. The van der Waals surface area contributed by atoms with Crippen LogP contribution in [0, 0.1) is 0 Å². The summed E-state index contributed by atoms with van der Waals surface area (Å²) in [7, 11) is 0. The maximum Gasteiger partial charge on any atom is 0.180 e. The molecule has 4 rings (SSSR count). The first kappa shape index (κ1) is 16.2. The molecule has 0 saturated carbocycles. The van der Waals surface area contributed by atoms with Crippen molar-refractivity contribution in [2.24, 2.45) is 0 Å². The molecule has 6 nitrogen and oxygen atoms in total. The van der Waals surface area contributed by atoms with Gasteiger partial charge in [0.25, 0.3) is 0 Å². The Hall–Kier alpha value is -3.25. The maximum absolute atomic E-state index is 10.5. The van der Waals surface area contributed by atoms with Crippen molar-refractivity contribution in [2.45, 2.75) is 12.6 Å². The number of hydrogen-bond acceptors (Lipinski definition) is 6. The molecule has 0 amide bonds. The van der Waals surface area contributed by atoms with E-state index in [1.807, 2.05) is 47.4 Å². The second-order valence-corrected chi connectivity index (χ2v) is 5.97. The second-order valence-electron chi connectivity index (χ2n) is 5.97. The van der Waals surface area contributed by atoms with Gasteiger partial charge in [-0.05, 0) is 29.8 Å². The molecule has 130 valence electrons. The second kappa shape index (κ2) is 7.33. The smallest absolute Gasteiger partial charge is 0.180 e. The Morgan fingerprint density at radius 2 is 1.81 bits per heavy atom. The van der Waals surface area contributed by atoms with Crippen molar-refractivity contribution in [2.75, 3.05) is 11.4 Å². The first-order valence-corrected chi connectivity index (χ1v) is 8.38. The number of aromatic nitrogens is 3. The molecule has 3 heterocycles. The van der Waals surface area contributed by atoms with E-state index < -0.39 is 6.10 Å². The van der Waals surface area contributed by atoms with Crippen LogP contribution >= 0.6 is 0 Å². The van der Waals surface area contributed by atoms with Gasteiger partial charge in [-0.25, -0.2) is 9.97 Å². The summed E-state index contributed by atoms with van der Waals surface area (Å²) in [6.07, 6.45) is 4.07. The summed E-state index contributed by atoms with van der Waals surface area (Å²) < 4.78 is 5.33. The van der Waals surface area contributed by atoms with Crippen molar-refractivity contribution in [3.63, 3.8) is 0 Å². The predicted molar refractivity (Wildman–Crippen MR) is 98.5 cm³/mol. The molecule has 1 N–H and O–H groups in total. The highest BCUT2D eigenvalue weighted by atomic mass is 16.4. The average molecular weight is 346 g/mol. The number of nitrogens with zero attached hydrogens (tertiary/aromatic N) is 4. The van der Waals surface area contributed by atoms with Crippen molar-refractivity contribution in [3.8, 4) is 0 Å². The number of aliphatic hydroxyl groups is 1. The van der Waals surface area contributed by atoms with E-state index in [-0.39, 0.29) is 0 Å². The summed E-state index contributed by atoms with van der Waals surface area (Å²) in [6, 6.07) is 17.4. The van der Waals surface area contributed by atoms with Crippen molar-refractivity contribution < 1.29 is 9.52 Å². The highest BCUT2D eigenvalue weighted by molar-refractivity contribution is 5.71. The van der Waals surface area contributed by atoms with Gasteiger partial charge in [0, 0.05) is 18.9 Å². The molecule has 0 radical (unpaired) electrons. The van der Waals surface area contributed by atoms with Crippen LogP contribution in [0.2, 0.25) is 0 Å². The molecule has 0 aliphatic heterocycles. The van der Waals surface area contributed by atoms with Crippen LogP contribution in [-0.2, 0) is 6.54 Å². The molecule has 1 aromatic carbocycles. The fourth-order valence-corrected chi connectivity index (χ4v) is 2.84. The highest BCUT2D eigenvalue weighted by Gasteiger charge is 2.18. The Labute approximate surface area is 150 Å². The van der Waals surface area contributed by atoms with Crippen LogP contribution in [0.1, 0.15) is 17.4 Å². The minimum atomic E-state index is -0.756. The summed E-state index contributed by atoms with van der Waals surface area (Å²) in [4.78, 5) is 15.2. The van der Waals surface area contributed by atoms with Gasteiger partial charge < -0.3 is 14.4 Å². The molecular formula is C20H18N4O2. The van der Waals surface area contributed by atoms with Gasteiger partial charge in [-0.3, -0.25) is 4.98 Å². The average Bonchev–Trinajstić information content (AvgIpc) is 3.23. The van der Waals surface area contributed by atoms with Gasteiger partial charge in [-0.15, -0.1) is 0 Å². The van der Waals surface area contributed by atoms with Gasteiger partial charge in [-0.2, -0.15) is 0 Å². The minimum Gasteiger partial charge on any atom is -0.467 e. The molecule has 0 bridgehead atoms. The molecular weight excluding hydrogens is 328 g/mol. The third-order valence-electron chi connectivity index (χ3n) is 4.12. The highest BCUT2D eigenvalue weighted by Crippen LogP contribution is 2.22. The van der Waals surface area contributed by atoms with Crippen molar-refractivity contribution in [1.29, 1.82) is 0 Å². The molecule has 1 unspecified atom stereocenters. The lowest BCUT2D eigenvalue weighted by Crippen LogP contribution is -2.29. The zero-order chi connectivity index (χ0) is 17.8. The van der Waals surface area contributed by atoms with Crippen LogP contribution in [-0.4, -0.2) is 26.6 Å². The molecule has 26 heavy (non-hydrogen) atoms. The Morgan fingerprint density at radius 3 is 2.62 bits per heavy atom. The van der Waals surface area contributed by atoms with E-state index in [9.17, 15) is 5.11 Å². The minimum absolute atomic E-state index is 0.348. The van der Waals surface area contributed by atoms with E-state index in [0.717, 1.165) is 16.9 Å². The van der Waals surface area contributed by atoms with Gasteiger partial charge in [0.05, 0.1) is 12.8 Å². The normalized spacial score (nSPS) is 12.2. The fourth-order valence-electron chi connectivity index (χ4n) is 2.84. The first-order valence-electron chi connectivity index (χ1n) is 8.38. The van der Waals surface area contributed by atoms with Crippen LogP contribution in [0.5, 0.6) is 0 Å². The van der Waals surface area contributed by atoms with E-state index in [1.54, 1.807) is 30.8 Å². The number of benzene rings is 1. The van der Waals surface area contributed by atoms with E-state index in [4.69, 9.17) is 4.42 Å². The van der Waals surface area contributed by atoms with Crippen LogP contribution in [0.25, 0.3) is 11.2 Å². The van der Waals surface area contributed by atoms with Gasteiger partial charge in [0.15, 0.2) is 5.65 Å². The van der Waals surface area contributed by atoms with E-state index in [1.165, 1.54) is 0 Å². The lowest BCUT2D eigenvalue weighted by atomic mass is 10.2. The van der Waals surface area contributed by atoms with Crippen molar-refractivity contribution in [1.82, 2.24) is 15.0 Å². The maximum atomic E-state index is 10.5. The summed E-state index contributed by atoms with van der Waals surface area (Å²) in [6.45, 7) is 0.957. The summed E-state index contributed by atoms with van der Waals surface area (Å²) in [5, 5.41) is 10.5. The molecule has 1 atom stereocenters. The SMILES string of the molecule is OC(CN(Cc1ccccc1)c1ccc2nccnc2n1)c1ccco1. The number of aliphatic hydroxyl groups excluding tert-OH is 1. The van der Waals surface area contributed by atoms with Crippen LogP contribution in [0.15, 0.2) is 77.7 Å². The molecule has 0 aliphatic rings. The third kappa shape index (κ3) is 3.55. The Balaban J connectivity index is 1.66. The molecule has 6 heteroatoms. The number of furan rings is 1. The lowest BCUT2D eigenvalue weighted by molar-refractivity contribution is 0.154. The number of rotatable bonds is 6. The zero-order valence-corrected chi connectivity index (χ0v) is 14.1. The molecule has 3 aromatic heterocycles. The number of pyridine rings is 1. The number of anilines is 1. The Bertz CT molecular complexity index is 973. The van der Waals surface area contributed by atoms with Crippen molar-refractivity contribution in [3.05, 3.63) is 84.6 Å². The summed E-state index contributed by atoms with van der Waals surface area (Å²) >= 11 is 0. The predicted octanol–water partition coefficient (Wildman–Crippen LogP) is 3.36. The molecule has 0 saturated heterocycles. The van der Waals surface area contributed by atoms with Gasteiger partial charge in [0.2, 0.25) is 0 Å². The summed E-state index contributed by atoms with van der Waals surface area (Å²) in [5.74, 6) is 1.26. The molecule has 0 aliphatic carbocycles. The number of hydrogen-bond donors (Lipinski definition) is 1. The quantitative estimate of drug-likeness (QED) is 0.577. The largest absolute Gasteiger partial charge is 0.467 e. The van der Waals surface area contributed by atoms with Crippen LogP contribution < -0.4 is 4.90 Å². The van der Waals surface area contributed by atoms with E-state index in [2.05, 4.69) is 15.0 Å².